The van der Waals surface area contributed by atoms with Gasteiger partial charge in [-0.05, 0) is 18.2 Å². The van der Waals surface area contributed by atoms with Gasteiger partial charge in [0.2, 0.25) is 11.6 Å². The van der Waals surface area contributed by atoms with Gasteiger partial charge >= 0.3 is 5.69 Å². The highest BCUT2D eigenvalue weighted by atomic mass is 19.1. The number of halogens is 2. The zero-order valence-electron chi connectivity index (χ0n) is 13.0. The molecule has 0 unspecified atom stereocenters. The van der Waals surface area contributed by atoms with E-state index in [-0.39, 0.29) is 12.4 Å². The van der Waals surface area contributed by atoms with Crippen molar-refractivity contribution in [1.29, 1.82) is 0 Å². The molecule has 130 valence electrons. The number of fused-ring (bicyclic) bond motifs is 1. The van der Waals surface area contributed by atoms with E-state index in [1.807, 2.05) is 18.2 Å². The van der Waals surface area contributed by atoms with Crippen molar-refractivity contribution >= 4 is 17.3 Å². The average Bonchev–Trinajstić information content (AvgIpc) is 3.10. The summed E-state index contributed by atoms with van der Waals surface area (Å²) in [6.45, 7) is 0.149. The van der Waals surface area contributed by atoms with Gasteiger partial charge < -0.3 is 9.26 Å². The van der Waals surface area contributed by atoms with Crippen molar-refractivity contribution in [2.75, 3.05) is 6.61 Å². The summed E-state index contributed by atoms with van der Waals surface area (Å²) in [6, 6.07) is 8.81. The SMILES string of the molecule is O=[N+]([O-])c1ccc(F)c(-c2nc(C3=Cc4ccccc4OC3)no2)c1F. The van der Waals surface area contributed by atoms with Gasteiger partial charge in [-0.15, -0.1) is 0 Å². The van der Waals surface area contributed by atoms with Gasteiger partial charge in [0.05, 0.1) is 4.92 Å². The molecule has 0 bridgehead atoms. The fourth-order valence-corrected chi connectivity index (χ4v) is 2.58. The number of hydrogen-bond donors (Lipinski definition) is 0. The molecule has 0 radical (unpaired) electrons. The molecule has 26 heavy (non-hydrogen) atoms. The van der Waals surface area contributed by atoms with Crippen LogP contribution < -0.4 is 4.74 Å². The van der Waals surface area contributed by atoms with Crippen molar-refractivity contribution in [3.63, 3.8) is 0 Å². The van der Waals surface area contributed by atoms with Crippen molar-refractivity contribution in [2.24, 2.45) is 0 Å². The molecule has 1 aliphatic rings. The number of aromatic nitrogens is 2. The van der Waals surface area contributed by atoms with Gasteiger partial charge in [-0.2, -0.15) is 9.37 Å². The molecule has 0 aliphatic carbocycles. The fourth-order valence-electron chi connectivity index (χ4n) is 2.58. The van der Waals surface area contributed by atoms with Crippen molar-refractivity contribution in [3.05, 3.63) is 69.5 Å². The molecule has 7 nitrogen and oxygen atoms in total. The van der Waals surface area contributed by atoms with Gasteiger partial charge in [-0.25, -0.2) is 4.39 Å². The summed E-state index contributed by atoms with van der Waals surface area (Å²) in [4.78, 5) is 13.9. The number of benzene rings is 2. The molecule has 0 atom stereocenters. The van der Waals surface area contributed by atoms with E-state index >= 15 is 0 Å². The lowest BCUT2D eigenvalue weighted by atomic mass is 10.1. The standard InChI is InChI=1S/C17H9F2N3O4/c18-11-5-6-12(22(23)24)15(19)14(11)17-20-16(21-26-17)10-7-9-3-1-2-4-13(9)25-8-10/h1-7H,8H2. The van der Waals surface area contributed by atoms with Gasteiger partial charge in [0.15, 0.2) is 0 Å². The van der Waals surface area contributed by atoms with Crippen LogP contribution >= 0.6 is 0 Å². The predicted octanol–water partition coefficient (Wildman–Crippen LogP) is 3.86. The lowest BCUT2D eigenvalue weighted by molar-refractivity contribution is -0.387. The maximum absolute atomic E-state index is 14.3. The Hall–Kier alpha value is -3.62. The van der Waals surface area contributed by atoms with Crippen molar-refractivity contribution in [3.8, 4) is 17.2 Å². The molecule has 3 aromatic rings. The van der Waals surface area contributed by atoms with Crippen LogP contribution in [0.5, 0.6) is 5.75 Å². The summed E-state index contributed by atoms with van der Waals surface area (Å²) in [7, 11) is 0. The molecule has 9 heteroatoms. The summed E-state index contributed by atoms with van der Waals surface area (Å²) in [5, 5.41) is 14.5. The first kappa shape index (κ1) is 15.9. The van der Waals surface area contributed by atoms with E-state index in [1.165, 1.54) is 0 Å². The van der Waals surface area contributed by atoms with Crippen LogP contribution in [-0.2, 0) is 0 Å². The second-order valence-corrected chi connectivity index (χ2v) is 5.43. The first-order valence-corrected chi connectivity index (χ1v) is 7.44. The monoisotopic (exact) mass is 357 g/mol. The normalized spacial score (nSPS) is 12.9. The van der Waals surface area contributed by atoms with Crippen LogP contribution in [0.15, 0.2) is 40.9 Å². The molecule has 1 aliphatic heterocycles. The first-order chi connectivity index (χ1) is 12.5. The van der Waals surface area contributed by atoms with Crippen molar-refractivity contribution in [1.82, 2.24) is 10.1 Å². The highest BCUT2D eigenvalue weighted by Crippen LogP contribution is 2.33. The molecular formula is C17H9F2N3O4. The number of nitro benzene ring substituents is 1. The summed E-state index contributed by atoms with van der Waals surface area (Å²) in [6.07, 6.45) is 1.77. The van der Waals surface area contributed by atoms with E-state index in [0.29, 0.717) is 11.3 Å². The van der Waals surface area contributed by atoms with Crippen LogP contribution in [-0.4, -0.2) is 21.7 Å². The van der Waals surface area contributed by atoms with E-state index < -0.39 is 33.7 Å². The first-order valence-electron chi connectivity index (χ1n) is 7.44. The van der Waals surface area contributed by atoms with E-state index in [0.717, 1.165) is 17.7 Å². The highest BCUT2D eigenvalue weighted by molar-refractivity contribution is 5.83. The van der Waals surface area contributed by atoms with Gasteiger partial charge in [0.1, 0.15) is 23.7 Å². The quantitative estimate of drug-likeness (QED) is 0.522. The minimum Gasteiger partial charge on any atom is -0.488 e. The van der Waals surface area contributed by atoms with Gasteiger partial charge in [-0.1, -0.05) is 23.4 Å². The molecule has 4 rings (SSSR count). The smallest absolute Gasteiger partial charge is 0.305 e. The zero-order valence-corrected chi connectivity index (χ0v) is 13.0. The van der Waals surface area contributed by atoms with Crippen molar-refractivity contribution < 1.29 is 23.0 Å². The number of hydrogen-bond acceptors (Lipinski definition) is 6. The Kier molecular flexibility index (Phi) is 3.68. The van der Waals surface area contributed by atoms with Crippen LogP contribution in [0.3, 0.4) is 0 Å². The van der Waals surface area contributed by atoms with Crippen LogP contribution in [0.2, 0.25) is 0 Å². The fraction of sp³-hybridized carbons (Fsp3) is 0.0588. The Balaban J connectivity index is 1.76. The third-order valence-corrected chi connectivity index (χ3v) is 3.83. The van der Waals surface area contributed by atoms with E-state index in [4.69, 9.17) is 9.26 Å². The van der Waals surface area contributed by atoms with Crippen molar-refractivity contribution in [2.45, 2.75) is 0 Å². The van der Waals surface area contributed by atoms with Crippen LogP contribution in [0.1, 0.15) is 11.4 Å². The Morgan fingerprint density at radius 1 is 1.15 bits per heavy atom. The molecule has 0 amide bonds. The largest absolute Gasteiger partial charge is 0.488 e. The Morgan fingerprint density at radius 2 is 1.96 bits per heavy atom. The molecule has 0 fully saturated rings. The Labute approximate surface area is 144 Å². The van der Waals surface area contributed by atoms with Crippen LogP contribution in [0.4, 0.5) is 14.5 Å². The molecule has 0 saturated heterocycles. The van der Waals surface area contributed by atoms with E-state index in [1.54, 1.807) is 12.1 Å². The minimum atomic E-state index is -1.37. The predicted molar refractivity (Wildman–Crippen MR) is 86.1 cm³/mol. The third-order valence-electron chi connectivity index (χ3n) is 3.83. The Bertz CT molecular complexity index is 1060. The summed E-state index contributed by atoms with van der Waals surface area (Å²) < 4.78 is 38.8. The van der Waals surface area contributed by atoms with Gasteiger partial charge in [-0.3, -0.25) is 10.1 Å². The molecule has 0 N–H and O–H groups in total. The molecule has 2 heterocycles. The second-order valence-electron chi connectivity index (χ2n) is 5.43. The maximum Gasteiger partial charge on any atom is 0.305 e. The summed E-state index contributed by atoms with van der Waals surface area (Å²) in [5.74, 6) is -2.12. The number of ether oxygens (including phenoxy) is 1. The van der Waals surface area contributed by atoms with E-state index in [2.05, 4.69) is 10.1 Å². The maximum atomic E-state index is 14.3. The topological polar surface area (TPSA) is 91.3 Å². The second kappa shape index (κ2) is 6.03. The third kappa shape index (κ3) is 2.59. The molecule has 0 spiro atoms. The lowest BCUT2D eigenvalue weighted by Gasteiger charge is -2.15. The molecule has 2 aromatic carbocycles. The molecule has 1 aromatic heterocycles. The molecule has 0 saturated carbocycles. The average molecular weight is 357 g/mol. The highest BCUT2D eigenvalue weighted by Gasteiger charge is 2.27. The summed E-state index contributed by atoms with van der Waals surface area (Å²) in [5.41, 5.74) is -0.274. The number of para-hydroxylation sites is 1. The summed E-state index contributed by atoms with van der Waals surface area (Å²) >= 11 is 0. The van der Waals surface area contributed by atoms with Gasteiger partial charge in [0.25, 0.3) is 5.89 Å². The number of nitrogens with zero attached hydrogens (tertiary/aromatic N) is 3. The van der Waals surface area contributed by atoms with Crippen LogP contribution in [0.25, 0.3) is 23.1 Å². The lowest BCUT2D eigenvalue weighted by Crippen LogP contribution is -2.07. The minimum absolute atomic E-state index is 0.0832. The van der Waals surface area contributed by atoms with Gasteiger partial charge in [0, 0.05) is 17.2 Å². The van der Waals surface area contributed by atoms with Crippen LogP contribution in [0, 0.1) is 21.7 Å². The number of rotatable bonds is 3. The molecular weight excluding hydrogens is 348 g/mol. The zero-order chi connectivity index (χ0) is 18.3. The van der Waals surface area contributed by atoms with E-state index in [9.17, 15) is 18.9 Å². The Morgan fingerprint density at radius 3 is 2.77 bits per heavy atom. The number of nitro groups is 1.